The summed E-state index contributed by atoms with van der Waals surface area (Å²) < 4.78 is 1.21. The van der Waals surface area contributed by atoms with Crippen molar-refractivity contribution in [3.63, 3.8) is 0 Å². The Balaban J connectivity index is 2.09. The third-order valence-electron chi connectivity index (χ3n) is 8.99. The average Bonchev–Trinajstić information content (AvgIpc) is 2.89. The Kier molecular flexibility index (Phi) is 7.67. The summed E-state index contributed by atoms with van der Waals surface area (Å²) in [5.41, 5.74) is 4.87. The van der Waals surface area contributed by atoms with Crippen LogP contribution in [0.2, 0.25) is 0 Å². The topological polar surface area (TPSA) is 3.24 Å². The molecule has 3 heteroatoms. The fraction of sp³-hybridized carbons (Fsp3) is 0.371. The molecule has 0 N–H and O–H groups in total. The zero-order valence-corrected chi connectivity index (χ0v) is 25.0. The van der Waals surface area contributed by atoms with E-state index in [4.69, 9.17) is 14.1 Å². The molecule has 0 aliphatic carbocycles. The van der Waals surface area contributed by atoms with Gasteiger partial charge in [-0.3, -0.25) is 0 Å². The molecule has 0 aliphatic heterocycles. The normalized spacial score (nSPS) is 13.0. The van der Waals surface area contributed by atoms with Crippen molar-refractivity contribution in [2.45, 2.75) is 79.6 Å². The zero-order chi connectivity index (χ0) is 28.0. The van der Waals surface area contributed by atoms with Crippen LogP contribution < -0.4 is 13.9 Å². The molecule has 0 heterocycles. The SMILES string of the molecule is [CH2-][N+](c1cc2ccccc2cc1N(C)c1cc2ccccc2cc1[N+]([CH2-])(C(C)C)C(C)C)(C(C)C)C(C)C. The minimum atomic E-state index is 0.313. The molecule has 3 nitrogen and oxygen atoms in total. The Bertz CT molecular complexity index is 1300. The van der Waals surface area contributed by atoms with Gasteiger partial charge in [-0.1, -0.05) is 48.5 Å². The van der Waals surface area contributed by atoms with Gasteiger partial charge in [-0.15, -0.1) is 14.1 Å². The van der Waals surface area contributed by atoms with Crippen LogP contribution in [-0.4, -0.2) is 31.2 Å². The second-order valence-corrected chi connectivity index (χ2v) is 12.2. The predicted molar refractivity (Wildman–Crippen MR) is 171 cm³/mol. The summed E-state index contributed by atoms with van der Waals surface area (Å²) in [6.07, 6.45) is 0. The van der Waals surface area contributed by atoms with E-state index in [0.29, 0.717) is 33.1 Å². The number of rotatable bonds is 8. The smallest absolute Gasteiger partial charge is 0.131 e. The highest BCUT2D eigenvalue weighted by Gasteiger charge is 2.34. The van der Waals surface area contributed by atoms with Crippen molar-refractivity contribution in [2.75, 3.05) is 11.9 Å². The van der Waals surface area contributed by atoms with Crippen molar-refractivity contribution in [1.82, 2.24) is 8.97 Å². The summed E-state index contributed by atoms with van der Waals surface area (Å²) in [5, 5.41) is 4.97. The molecule has 4 aromatic carbocycles. The van der Waals surface area contributed by atoms with Crippen LogP contribution in [0.1, 0.15) is 55.4 Å². The van der Waals surface area contributed by atoms with Gasteiger partial charge in [0.05, 0.1) is 24.2 Å². The molecule has 0 unspecified atom stereocenters. The van der Waals surface area contributed by atoms with Gasteiger partial charge in [0.25, 0.3) is 0 Å². The first-order valence-electron chi connectivity index (χ1n) is 14.1. The molecule has 0 bridgehead atoms. The Labute approximate surface area is 231 Å². The predicted octanol–water partition coefficient (Wildman–Crippen LogP) is 9.59. The summed E-state index contributed by atoms with van der Waals surface area (Å²) in [4.78, 5) is 2.40. The average molecular weight is 510 g/mol. The van der Waals surface area contributed by atoms with E-state index in [0.717, 1.165) is 0 Å². The second kappa shape index (κ2) is 10.4. The molecule has 0 aromatic heterocycles. The minimum Gasteiger partial charge on any atom is -0.418 e. The van der Waals surface area contributed by atoms with E-state index in [2.05, 4.69) is 140 Å². The number of anilines is 2. The Hall–Kier alpha value is -2.88. The van der Waals surface area contributed by atoms with Crippen LogP contribution in [0.4, 0.5) is 22.7 Å². The highest BCUT2D eigenvalue weighted by Crippen LogP contribution is 2.47. The minimum absolute atomic E-state index is 0.313. The third kappa shape index (κ3) is 4.50. The number of quaternary nitrogens is 2. The molecule has 0 aliphatic rings. The van der Waals surface area contributed by atoms with Crippen LogP contribution in [0.3, 0.4) is 0 Å². The van der Waals surface area contributed by atoms with Crippen molar-refractivity contribution in [1.29, 1.82) is 0 Å². The third-order valence-corrected chi connectivity index (χ3v) is 8.99. The molecule has 0 amide bonds. The van der Waals surface area contributed by atoms with Gasteiger partial charge in [0, 0.05) is 19.2 Å². The van der Waals surface area contributed by atoms with Crippen molar-refractivity contribution in [2.24, 2.45) is 0 Å². The van der Waals surface area contributed by atoms with Gasteiger partial charge < -0.3 is 13.9 Å². The van der Waals surface area contributed by atoms with Crippen LogP contribution in [0.25, 0.3) is 21.5 Å². The molecule has 0 saturated carbocycles. The number of nitrogens with zero attached hydrogens (tertiary/aromatic N) is 3. The van der Waals surface area contributed by atoms with E-state index in [1.807, 2.05) is 0 Å². The lowest BCUT2D eigenvalue weighted by molar-refractivity contribution is 0.249. The highest BCUT2D eigenvalue weighted by atomic mass is 15.4. The molecule has 0 atom stereocenters. The zero-order valence-electron chi connectivity index (χ0n) is 25.0. The van der Waals surface area contributed by atoms with Crippen LogP contribution in [0.15, 0.2) is 72.8 Å². The van der Waals surface area contributed by atoms with Crippen LogP contribution in [0.5, 0.6) is 0 Å². The van der Waals surface area contributed by atoms with Gasteiger partial charge in [0.15, 0.2) is 0 Å². The van der Waals surface area contributed by atoms with Gasteiger partial charge in [0.1, 0.15) is 22.7 Å². The van der Waals surface area contributed by atoms with Crippen molar-refractivity contribution in [3.8, 4) is 0 Å². The van der Waals surface area contributed by atoms with E-state index in [9.17, 15) is 0 Å². The van der Waals surface area contributed by atoms with Crippen molar-refractivity contribution in [3.05, 3.63) is 86.9 Å². The monoisotopic (exact) mass is 509 g/mol. The maximum absolute atomic E-state index is 4.85. The van der Waals surface area contributed by atoms with Crippen molar-refractivity contribution < 1.29 is 0 Å². The lowest BCUT2D eigenvalue weighted by Crippen LogP contribution is -2.55. The molecule has 0 fully saturated rings. The highest BCUT2D eigenvalue weighted by molar-refractivity contribution is 5.98. The Morgan fingerprint density at radius 1 is 0.500 bits per heavy atom. The number of fused-ring (bicyclic) bond motifs is 2. The molecule has 0 spiro atoms. The standard InChI is InChI=1S/C35H47N3/c1-24(2)37(10,25(3)4)34-22-30-18-14-12-16-28(30)20-32(34)36(9)33-21-29-17-13-15-19-31(29)23-35(33)38(11,26(5)6)27(7)8/h12-27H,10-11H2,1-9H3. The number of hydrogen-bond donors (Lipinski definition) is 0. The molecular formula is C35H47N3. The maximum Gasteiger partial charge on any atom is 0.131 e. The van der Waals surface area contributed by atoms with E-state index in [1.54, 1.807) is 0 Å². The molecule has 4 aromatic rings. The summed E-state index contributed by atoms with van der Waals surface area (Å²) in [5.74, 6) is 0. The molecular weight excluding hydrogens is 462 g/mol. The van der Waals surface area contributed by atoms with E-state index in [-0.39, 0.29) is 0 Å². The molecule has 202 valence electrons. The lowest BCUT2D eigenvalue weighted by Gasteiger charge is -2.52. The van der Waals surface area contributed by atoms with Gasteiger partial charge in [0.2, 0.25) is 0 Å². The van der Waals surface area contributed by atoms with Gasteiger partial charge in [-0.05, 0) is 89.1 Å². The van der Waals surface area contributed by atoms with Crippen LogP contribution in [0, 0.1) is 14.1 Å². The van der Waals surface area contributed by atoms with E-state index < -0.39 is 0 Å². The first-order chi connectivity index (χ1) is 17.8. The Morgan fingerprint density at radius 2 is 0.763 bits per heavy atom. The lowest BCUT2D eigenvalue weighted by atomic mass is 10.00. The van der Waals surface area contributed by atoms with Gasteiger partial charge >= 0.3 is 0 Å². The first kappa shape index (κ1) is 28.1. The first-order valence-corrected chi connectivity index (χ1v) is 14.1. The van der Waals surface area contributed by atoms with E-state index in [1.165, 1.54) is 44.3 Å². The van der Waals surface area contributed by atoms with Crippen LogP contribution >= 0.6 is 0 Å². The summed E-state index contributed by atoms with van der Waals surface area (Å²) >= 11 is 0. The fourth-order valence-electron chi connectivity index (χ4n) is 6.07. The summed E-state index contributed by atoms with van der Waals surface area (Å²) in [6, 6.07) is 28.0. The number of benzene rings is 4. The molecule has 38 heavy (non-hydrogen) atoms. The van der Waals surface area contributed by atoms with Crippen LogP contribution in [-0.2, 0) is 0 Å². The molecule has 4 rings (SSSR count). The largest absolute Gasteiger partial charge is 0.418 e. The second-order valence-electron chi connectivity index (χ2n) is 12.2. The number of hydrogen-bond acceptors (Lipinski definition) is 1. The maximum atomic E-state index is 4.85. The summed E-state index contributed by atoms with van der Waals surface area (Å²) in [6.45, 7) is 18.2. The van der Waals surface area contributed by atoms with Gasteiger partial charge in [-0.25, -0.2) is 0 Å². The fourth-order valence-corrected chi connectivity index (χ4v) is 6.07. The summed E-state index contributed by atoms with van der Waals surface area (Å²) in [7, 11) is 11.9. The van der Waals surface area contributed by atoms with E-state index >= 15 is 0 Å². The quantitative estimate of drug-likeness (QED) is 0.169. The molecule has 0 radical (unpaired) electrons. The van der Waals surface area contributed by atoms with Crippen molar-refractivity contribution >= 4 is 44.3 Å². The Morgan fingerprint density at radius 3 is 1.03 bits per heavy atom. The molecule has 0 saturated heterocycles. The van der Waals surface area contributed by atoms with Gasteiger partial charge in [-0.2, -0.15) is 0 Å².